The predicted molar refractivity (Wildman–Crippen MR) is 50.5 cm³/mol. The SMILES string of the molecule is CC1CCC2(N)CC1(C)OC2(N)N. The Morgan fingerprint density at radius 3 is 2.46 bits per heavy atom. The summed E-state index contributed by atoms with van der Waals surface area (Å²) in [6.45, 7) is 4.22. The summed E-state index contributed by atoms with van der Waals surface area (Å²) in [5.74, 6) is -0.662. The molecular weight excluding hydrogens is 166 g/mol. The van der Waals surface area contributed by atoms with E-state index in [4.69, 9.17) is 21.9 Å². The summed E-state index contributed by atoms with van der Waals surface area (Å²) in [4.78, 5) is 0. The Bertz CT molecular complexity index is 239. The Morgan fingerprint density at radius 1 is 1.31 bits per heavy atom. The summed E-state index contributed by atoms with van der Waals surface area (Å²) < 4.78 is 5.71. The van der Waals surface area contributed by atoms with Gasteiger partial charge in [-0.15, -0.1) is 0 Å². The van der Waals surface area contributed by atoms with Crippen LogP contribution in [-0.2, 0) is 4.74 Å². The number of nitrogens with two attached hydrogens (primary N) is 3. The van der Waals surface area contributed by atoms with E-state index in [2.05, 4.69) is 13.8 Å². The van der Waals surface area contributed by atoms with Gasteiger partial charge in [-0.3, -0.25) is 11.5 Å². The summed E-state index contributed by atoms with van der Waals surface area (Å²) in [6, 6.07) is 0. The Morgan fingerprint density at radius 2 is 1.92 bits per heavy atom. The highest BCUT2D eigenvalue weighted by Crippen LogP contribution is 2.50. The third-order valence-corrected chi connectivity index (χ3v) is 3.91. The van der Waals surface area contributed by atoms with Crippen molar-refractivity contribution in [2.75, 3.05) is 0 Å². The van der Waals surface area contributed by atoms with Crippen molar-refractivity contribution in [1.82, 2.24) is 0 Å². The molecule has 2 rings (SSSR count). The molecule has 0 aromatic heterocycles. The Kier molecular flexibility index (Phi) is 1.63. The van der Waals surface area contributed by atoms with E-state index in [0.717, 1.165) is 19.3 Å². The molecule has 1 aliphatic heterocycles. The highest BCUT2D eigenvalue weighted by molar-refractivity contribution is 5.13. The van der Waals surface area contributed by atoms with E-state index < -0.39 is 11.4 Å². The minimum Gasteiger partial charge on any atom is -0.339 e. The molecule has 76 valence electrons. The first-order valence-electron chi connectivity index (χ1n) is 4.86. The van der Waals surface area contributed by atoms with Gasteiger partial charge in [0.15, 0.2) is 5.85 Å². The fraction of sp³-hybridized carbons (Fsp3) is 1.00. The second kappa shape index (κ2) is 2.25. The van der Waals surface area contributed by atoms with Crippen molar-refractivity contribution in [2.24, 2.45) is 23.1 Å². The van der Waals surface area contributed by atoms with E-state index in [1.165, 1.54) is 0 Å². The maximum absolute atomic E-state index is 6.15. The second-order valence-corrected chi connectivity index (χ2v) is 4.98. The zero-order valence-corrected chi connectivity index (χ0v) is 8.34. The molecule has 2 bridgehead atoms. The molecule has 1 saturated heterocycles. The third-order valence-electron chi connectivity index (χ3n) is 3.91. The van der Waals surface area contributed by atoms with Crippen molar-refractivity contribution in [1.29, 1.82) is 0 Å². The van der Waals surface area contributed by atoms with Crippen LogP contribution in [0.15, 0.2) is 0 Å². The smallest absolute Gasteiger partial charge is 0.188 e. The van der Waals surface area contributed by atoms with Gasteiger partial charge in [-0.2, -0.15) is 0 Å². The Labute approximate surface area is 78.8 Å². The van der Waals surface area contributed by atoms with E-state index in [1.807, 2.05) is 0 Å². The molecule has 1 saturated carbocycles. The maximum atomic E-state index is 6.15. The van der Waals surface area contributed by atoms with Crippen LogP contribution in [0.5, 0.6) is 0 Å². The largest absolute Gasteiger partial charge is 0.339 e. The van der Waals surface area contributed by atoms with Crippen LogP contribution >= 0.6 is 0 Å². The van der Waals surface area contributed by atoms with Gasteiger partial charge in [0, 0.05) is 6.42 Å². The molecule has 4 nitrogen and oxygen atoms in total. The van der Waals surface area contributed by atoms with E-state index in [9.17, 15) is 0 Å². The lowest BCUT2D eigenvalue weighted by atomic mass is 9.70. The Hall–Kier alpha value is -0.160. The van der Waals surface area contributed by atoms with Crippen molar-refractivity contribution in [3.63, 3.8) is 0 Å². The zero-order valence-electron chi connectivity index (χ0n) is 8.34. The van der Waals surface area contributed by atoms with E-state index in [1.54, 1.807) is 0 Å². The second-order valence-electron chi connectivity index (χ2n) is 4.98. The molecule has 0 aromatic rings. The zero-order chi connectivity index (χ0) is 9.91. The van der Waals surface area contributed by atoms with Crippen molar-refractivity contribution in [3.8, 4) is 0 Å². The van der Waals surface area contributed by atoms with Crippen molar-refractivity contribution in [2.45, 2.75) is 50.1 Å². The summed E-state index contributed by atoms with van der Waals surface area (Å²) in [7, 11) is 0. The van der Waals surface area contributed by atoms with Crippen LogP contribution in [-0.4, -0.2) is 17.0 Å². The molecule has 4 heteroatoms. The van der Waals surface area contributed by atoms with Gasteiger partial charge >= 0.3 is 0 Å². The molecular formula is C9H19N3O. The van der Waals surface area contributed by atoms with Gasteiger partial charge in [0.1, 0.15) is 0 Å². The van der Waals surface area contributed by atoms with Crippen molar-refractivity contribution < 1.29 is 4.74 Å². The molecule has 2 aliphatic rings. The first-order chi connectivity index (χ1) is 5.79. The normalized spacial score (nSPS) is 53.8. The molecule has 3 unspecified atom stereocenters. The van der Waals surface area contributed by atoms with Crippen molar-refractivity contribution in [3.05, 3.63) is 0 Å². The fourth-order valence-corrected chi connectivity index (χ4v) is 2.63. The standard InChI is InChI=1S/C9H19N3O/c1-6-3-4-8(10)5-7(6,2)13-9(8,11)12/h6H,3-5,10-12H2,1-2H3. The van der Waals surface area contributed by atoms with E-state index >= 15 is 0 Å². The van der Waals surface area contributed by atoms with Gasteiger partial charge in [0.2, 0.25) is 0 Å². The molecule has 1 aliphatic carbocycles. The van der Waals surface area contributed by atoms with Crippen LogP contribution in [0.3, 0.4) is 0 Å². The quantitative estimate of drug-likeness (QED) is 0.458. The van der Waals surface area contributed by atoms with Gasteiger partial charge in [-0.05, 0) is 25.7 Å². The van der Waals surface area contributed by atoms with Crippen LogP contribution in [0.2, 0.25) is 0 Å². The number of hydrogen-bond acceptors (Lipinski definition) is 4. The van der Waals surface area contributed by atoms with Crippen LogP contribution < -0.4 is 17.2 Å². The van der Waals surface area contributed by atoms with Crippen molar-refractivity contribution >= 4 is 0 Å². The van der Waals surface area contributed by atoms with E-state index in [0.29, 0.717) is 5.92 Å². The molecule has 2 fully saturated rings. The Balaban J connectivity index is 2.37. The molecule has 0 amide bonds. The number of hydrogen-bond donors (Lipinski definition) is 3. The van der Waals surface area contributed by atoms with Crippen LogP contribution in [0.25, 0.3) is 0 Å². The lowest BCUT2D eigenvalue weighted by Gasteiger charge is -2.38. The molecule has 0 spiro atoms. The minimum absolute atomic E-state index is 0.226. The van der Waals surface area contributed by atoms with Gasteiger partial charge in [-0.25, -0.2) is 0 Å². The molecule has 1 heterocycles. The average Bonchev–Trinajstić information content (AvgIpc) is 2.10. The third kappa shape index (κ3) is 1.06. The van der Waals surface area contributed by atoms with Gasteiger partial charge in [-0.1, -0.05) is 6.92 Å². The number of fused-ring (bicyclic) bond motifs is 2. The summed E-state index contributed by atoms with van der Waals surface area (Å²) in [5, 5.41) is 0. The number of ether oxygens (including phenoxy) is 1. The molecule has 0 aromatic carbocycles. The first kappa shape index (κ1) is 9.40. The molecule has 3 atom stereocenters. The summed E-state index contributed by atoms with van der Waals surface area (Å²) >= 11 is 0. The highest BCUT2D eigenvalue weighted by atomic mass is 16.6. The molecule has 13 heavy (non-hydrogen) atoms. The maximum Gasteiger partial charge on any atom is 0.188 e. The van der Waals surface area contributed by atoms with Crippen LogP contribution in [0.4, 0.5) is 0 Å². The lowest BCUT2D eigenvalue weighted by molar-refractivity contribution is -0.113. The fourth-order valence-electron chi connectivity index (χ4n) is 2.63. The minimum atomic E-state index is -1.15. The summed E-state index contributed by atoms with van der Waals surface area (Å²) in [6.07, 6.45) is 2.67. The highest BCUT2D eigenvalue weighted by Gasteiger charge is 2.62. The number of rotatable bonds is 0. The molecule has 6 N–H and O–H groups in total. The predicted octanol–water partition coefficient (Wildman–Crippen LogP) is -0.136. The summed E-state index contributed by atoms with van der Waals surface area (Å²) in [5.41, 5.74) is 17.1. The monoisotopic (exact) mass is 185 g/mol. The van der Waals surface area contributed by atoms with Gasteiger partial charge < -0.3 is 10.5 Å². The van der Waals surface area contributed by atoms with Gasteiger partial charge in [0.25, 0.3) is 0 Å². The van der Waals surface area contributed by atoms with Gasteiger partial charge in [0.05, 0.1) is 11.1 Å². The average molecular weight is 185 g/mol. The van der Waals surface area contributed by atoms with Crippen LogP contribution in [0.1, 0.15) is 33.1 Å². The first-order valence-corrected chi connectivity index (χ1v) is 4.86. The molecule has 0 radical (unpaired) electrons. The van der Waals surface area contributed by atoms with E-state index in [-0.39, 0.29) is 5.60 Å². The topological polar surface area (TPSA) is 87.3 Å². The van der Waals surface area contributed by atoms with Crippen LogP contribution in [0, 0.1) is 5.92 Å². The lowest BCUT2D eigenvalue weighted by Crippen LogP contribution is -2.68.